The molecular formula is C14H20ClN3O2. The normalized spacial score (nSPS) is 12.2. The first-order valence-corrected chi connectivity index (χ1v) is 6.69. The van der Waals surface area contributed by atoms with Crippen molar-refractivity contribution in [1.29, 1.82) is 0 Å². The summed E-state index contributed by atoms with van der Waals surface area (Å²) >= 11 is 5.92. The average Bonchev–Trinajstić information content (AvgIpc) is 2.36. The smallest absolute Gasteiger partial charge is 0.255 e. The summed E-state index contributed by atoms with van der Waals surface area (Å²) in [6.07, 6.45) is 0. The van der Waals surface area contributed by atoms with Crippen molar-refractivity contribution in [2.75, 3.05) is 19.4 Å². The molecule has 0 aliphatic heterocycles. The summed E-state index contributed by atoms with van der Waals surface area (Å²) in [5.41, 5.74) is 6.54. The van der Waals surface area contributed by atoms with Gasteiger partial charge in [-0.3, -0.25) is 9.59 Å². The van der Waals surface area contributed by atoms with E-state index in [1.807, 2.05) is 13.8 Å². The van der Waals surface area contributed by atoms with Gasteiger partial charge in [0.2, 0.25) is 5.91 Å². The third kappa shape index (κ3) is 3.95. The Kier molecular flexibility index (Phi) is 5.53. The van der Waals surface area contributed by atoms with E-state index in [2.05, 4.69) is 5.32 Å². The van der Waals surface area contributed by atoms with Gasteiger partial charge >= 0.3 is 0 Å². The van der Waals surface area contributed by atoms with E-state index in [1.54, 1.807) is 32.3 Å². The van der Waals surface area contributed by atoms with E-state index in [0.29, 0.717) is 16.3 Å². The summed E-state index contributed by atoms with van der Waals surface area (Å²) in [5, 5.41) is 3.11. The number of rotatable bonds is 4. The van der Waals surface area contributed by atoms with Gasteiger partial charge in [0.15, 0.2) is 0 Å². The first kappa shape index (κ1) is 16.5. The lowest BCUT2D eigenvalue weighted by molar-refractivity contribution is -0.118. The fourth-order valence-electron chi connectivity index (χ4n) is 1.57. The molecule has 1 rings (SSSR count). The standard InChI is InChI=1S/C14H20ClN3O2/c1-8(2)12(16)13(19)17-11-7-9(15)5-6-10(11)14(20)18(3)4/h5-8,12H,16H2,1-4H3,(H,17,19). The van der Waals surface area contributed by atoms with E-state index in [1.165, 1.54) is 4.90 Å². The Labute approximate surface area is 124 Å². The highest BCUT2D eigenvalue weighted by molar-refractivity contribution is 6.31. The third-order valence-electron chi connectivity index (χ3n) is 2.90. The molecule has 1 aromatic rings. The third-order valence-corrected chi connectivity index (χ3v) is 3.13. The summed E-state index contributed by atoms with van der Waals surface area (Å²) in [7, 11) is 3.28. The summed E-state index contributed by atoms with van der Waals surface area (Å²) in [6, 6.07) is 4.09. The molecule has 1 unspecified atom stereocenters. The Hall–Kier alpha value is -1.59. The highest BCUT2D eigenvalue weighted by Crippen LogP contribution is 2.22. The number of halogens is 1. The Morgan fingerprint density at radius 1 is 1.30 bits per heavy atom. The van der Waals surface area contributed by atoms with Gasteiger partial charge in [-0.2, -0.15) is 0 Å². The molecule has 0 spiro atoms. The second kappa shape index (κ2) is 6.72. The monoisotopic (exact) mass is 297 g/mol. The number of carbonyl (C=O) groups is 2. The van der Waals surface area contributed by atoms with E-state index < -0.39 is 6.04 Å². The Bertz CT molecular complexity index is 515. The van der Waals surface area contributed by atoms with Gasteiger partial charge in [-0.05, 0) is 24.1 Å². The van der Waals surface area contributed by atoms with Crippen LogP contribution in [0.25, 0.3) is 0 Å². The molecule has 3 N–H and O–H groups in total. The van der Waals surface area contributed by atoms with Crippen molar-refractivity contribution in [3.05, 3.63) is 28.8 Å². The van der Waals surface area contributed by atoms with Crippen LogP contribution in [0.3, 0.4) is 0 Å². The van der Waals surface area contributed by atoms with Crippen LogP contribution in [0.15, 0.2) is 18.2 Å². The molecule has 0 bridgehead atoms. The lowest BCUT2D eigenvalue weighted by Gasteiger charge is -2.18. The molecule has 110 valence electrons. The number of carbonyl (C=O) groups excluding carboxylic acids is 2. The van der Waals surface area contributed by atoms with Crippen LogP contribution in [0.2, 0.25) is 5.02 Å². The molecule has 0 fully saturated rings. The summed E-state index contributed by atoms with van der Waals surface area (Å²) < 4.78 is 0. The molecule has 0 aliphatic rings. The van der Waals surface area contributed by atoms with Crippen LogP contribution < -0.4 is 11.1 Å². The molecule has 0 heterocycles. The highest BCUT2D eigenvalue weighted by atomic mass is 35.5. The van der Waals surface area contributed by atoms with E-state index in [9.17, 15) is 9.59 Å². The quantitative estimate of drug-likeness (QED) is 0.892. The minimum atomic E-state index is -0.642. The molecule has 0 saturated heterocycles. The van der Waals surface area contributed by atoms with Crippen molar-refractivity contribution in [1.82, 2.24) is 4.90 Å². The Morgan fingerprint density at radius 2 is 1.90 bits per heavy atom. The molecule has 0 radical (unpaired) electrons. The number of hydrogen-bond donors (Lipinski definition) is 2. The molecular weight excluding hydrogens is 278 g/mol. The molecule has 1 aromatic carbocycles. The van der Waals surface area contributed by atoms with Crippen LogP contribution in [0.1, 0.15) is 24.2 Å². The molecule has 6 heteroatoms. The van der Waals surface area contributed by atoms with E-state index >= 15 is 0 Å². The highest BCUT2D eigenvalue weighted by Gasteiger charge is 2.20. The predicted octanol–water partition coefficient (Wildman–Crippen LogP) is 1.96. The molecule has 5 nitrogen and oxygen atoms in total. The van der Waals surface area contributed by atoms with Gasteiger partial charge in [-0.15, -0.1) is 0 Å². The van der Waals surface area contributed by atoms with Gasteiger partial charge in [-0.25, -0.2) is 0 Å². The number of anilines is 1. The number of nitrogens with one attached hydrogen (secondary N) is 1. The number of nitrogens with two attached hydrogens (primary N) is 1. The van der Waals surface area contributed by atoms with Crippen molar-refractivity contribution < 1.29 is 9.59 Å². The van der Waals surface area contributed by atoms with Crippen LogP contribution in [-0.4, -0.2) is 36.9 Å². The topological polar surface area (TPSA) is 75.4 Å². The van der Waals surface area contributed by atoms with Crippen molar-refractivity contribution in [3.8, 4) is 0 Å². The van der Waals surface area contributed by atoms with E-state index in [4.69, 9.17) is 17.3 Å². The first-order valence-electron chi connectivity index (χ1n) is 6.31. The number of benzene rings is 1. The minimum absolute atomic E-state index is 0.00202. The fraction of sp³-hybridized carbons (Fsp3) is 0.429. The summed E-state index contributed by atoms with van der Waals surface area (Å²) in [4.78, 5) is 25.5. The molecule has 20 heavy (non-hydrogen) atoms. The fourth-order valence-corrected chi connectivity index (χ4v) is 1.74. The second-order valence-corrected chi connectivity index (χ2v) is 5.58. The first-order chi connectivity index (χ1) is 9.23. The van der Waals surface area contributed by atoms with Gasteiger partial charge in [0.1, 0.15) is 0 Å². The molecule has 0 aromatic heterocycles. The summed E-state index contributed by atoms with van der Waals surface area (Å²) in [6.45, 7) is 3.71. The van der Waals surface area contributed by atoms with Crippen molar-refractivity contribution in [3.63, 3.8) is 0 Å². The van der Waals surface area contributed by atoms with Crippen LogP contribution in [-0.2, 0) is 4.79 Å². The lowest BCUT2D eigenvalue weighted by atomic mass is 10.0. The van der Waals surface area contributed by atoms with Gasteiger partial charge in [0.05, 0.1) is 17.3 Å². The zero-order valence-electron chi connectivity index (χ0n) is 12.1. The maximum Gasteiger partial charge on any atom is 0.255 e. The van der Waals surface area contributed by atoms with Crippen LogP contribution in [0.5, 0.6) is 0 Å². The zero-order valence-corrected chi connectivity index (χ0v) is 12.9. The van der Waals surface area contributed by atoms with Crippen LogP contribution >= 0.6 is 11.6 Å². The van der Waals surface area contributed by atoms with Gasteiger partial charge in [0, 0.05) is 19.1 Å². The van der Waals surface area contributed by atoms with E-state index in [-0.39, 0.29) is 17.7 Å². The molecule has 0 saturated carbocycles. The second-order valence-electron chi connectivity index (χ2n) is 5.15. The van der Waals surface area contributed by atoms with Crippen molar-refractivity contribution in [2.45, 2.75) is 19.9 Å². The molecule has 0 aliphatic carbocycles. The number of nitrogens with zero attached hydrogens (tertiary/aromatic N) is 1. The van der Waals surface area contributed by atoms with Crippen LogP contribution in [0.4, 0.5) is 5.69 Å². The largest absolute Gasteiger partial charge is 0.345 e. The number of amides is 2. The van der Waals surface area contributed by atoms with Crippen molar-refractivity contribution >= 4 is 29.1 Å². The molecule has 2 amide bonds. The minimum Gasteiger partial charge on any atom is -0.345 e. The van der Waals surface area contributed by atoms with E-state index in [0.717, 1.165) is 0 Å². The van der Waals surface area contributed by atoms with Gasteiger partial charge < -0.3 is 16.0 Å². The predicted molar refractivity (Wildman–Crippen MR) is 80.9 cm³/mol. The Balaban J connectivity index is 3.07. The summed E-state index contributed by atoms with van der Waals surface area (Å²) in [5.74, 6) is -0.549. The maximum absolute atomic E-state index is 12.1. The average molecular weight is 298 g/mol. The maximum atomic E-state index is 12.1. The zero-order chi connectivity index (χ0) is 15.4. The number of hydrogen-bond acceptors (Lipinski definition) is 3. The van der Waals surface area contributed by atoms with Crippen LogP contribution in [0, 0.1) is 5.92 Å². The SMILES string of the molecule is CC(C)C(N)C(=O)Nc1cc(Cl)ccc1C(=O)N(C)C. The lowest BCUT2D eigenvalue weighted by Crippen LogP contribution is -2.40. The Morgan fingerprint density at radius 3 is 2.40 bits per heavy atom. The van der Waals surface area contributed by atoms with Gasteiger partial charge in [0.25, 0.3) is 5.91 Å². The van der Waals surface area contributed by atoms with Gasteiger partial charge in [-0.1, -0.05) is 25.4 Å². The van der Waals surface area contributed by atoms with Crippen molar-refractivity contribution in [2.24, 2.45) is 11.7 Å². The molecule has 1 atom stereocenters.